The number of hydrogen-bond donors (Lipinski definition) is 1. The summed E-state index contributed by atoms with van der Waals surface area (Å²) in [5, 5.41) is 7.05. The molecule has 0 saturated carbocycles. The molecule has 88 valence electrons. The number of nitrogens with one attached hydrogen (secondary N) is 1. The Morgan fingerprint density at radius 1 is 1.56 bits per heavy atom. The van der Waals surface area contributed by atoms with E-state index >= 15 is 0 Å². The second-order valence-corrected chi connectivity index (χ2v) is 5.82. The van der Waals surface area contributed by atoms with E-state index in [0.29, 0.717) is 6.04 Å². The third-order valence-corrected chi connectivity index (χ3v) is 5.31. The van der Waals surface area contributed by atoms with Gasteiger partial charge < -0.3 is 5.32 Å². The molecule has 3 nitrogen and oxygen atoms in total. The van der Waals surface area contributed by atoms with E-state index in [0.717, 1.165) is 5.69 Å². The van der Waals surface area contributed by atoms with Crippen LogP contribution in [0.25, 0.3) is 0 Å². The molecule has 4 heteroatoms. The Balaban J connectivity index is 1.99. The number of fused-ring (bicyclic) bond motifs is 1. The molecule has 0 spiro atoms. The highest BCUT2D eigenvalue weighted by Gasteiger charge is 2.50. The van der Waals surface area contributed by atoms with Crippen LogP contribution in [0.4, 0.5) is 0 Å². The Kier molecular flexibility index (Phi) is 2.53. The van der Waals surface area contributed by atoms with Crippen molar-refractivity contribution in [1.29, 1.82) is 0 Å². The second kappa shape index (κ2) is 3.79. The van der Waals surface area contributed by atoms with Crippen molar-refractivity contribution in [1.82, 2.24) is 15.2 Å². The highest BCUT2D eigenvalue weighted by Crippen LogP contribution is 2.43. The van der Waals surface area contributed by atoms with Crippen molar-refractivity contribution < 1.29 is 0 Å². The number of aryl methyl sites for hydroxylation is 1. The van der Waals surface area contributed by atoms with Crippen molar-refractivity contribution in [2.24, 2.45) is 0 Å². The summed E-state index contributed by atoms with van der Waals surface area (Å²) in [6.07, 6.45) is 3.87. The number of nitrogens with zero attached hydrogens (tertiary/aromatic N) is 2. The molecule has 3 heterocycles. The van der Waals surface area contributed by atoms with Gasteiger partial charge >= 0.3 is 0 Å². The fraction of sp³-hybridized carbons (Fsp3) is 0.750. The molecule has 2 aliphatic heterocycles. The van der Waals surface area contributed by atoms with Crippen molar-refractivity contribution in [3.8, 4) is 0 Å². The summed E-state index contributed by atoms with van der Waals surface area (Å²) in [5.41, 5.74) is 1.29. The zero-order valence-corrected chi connectivity index (χ0v) is 10.8. The Hall–Kier alpha value is -0.450. The van der Waals surface area contributed by atoms with Gasteiger partial charge in [0, 0.05) is 23.7 Å². The quantitative estimate of drug-likeness (QED) is 0.849. The number of aromatic nitrogens is 1. The number of hydrogen-bond acceptors (Lipinski definition) is 4. The molecule has 1 N–H and O–H groups in total. The molecule has 0 aliphatic carbocycles. The van der Waals surface area contributed by atoms with Crippen LogP contribution in [0.1, 0.15) is 30.0 Å². The Bertz CT molecular complexity index is 389. The molecule has 2 unspecified atom stereocenters. The maximum atomic E-state index is 4.73. The molecule has 0 amide bonds. The van der Waals surface area contributed by atoms with Crippen molar-refractivity contribution in [3.05, 3.63) is 16.1 Å². The van der Waals surface area contributed by atoms with E-state index in [4.69, 9.17) is 4.98 Å². The molecule has 16 heavy (non-hydrogen) atoms. The summed E-state index contributed by atoms with van der Waals surface area (Å²) in [6.45, 7) is 4.59. The molecule has 2 aliphatic rings. The summed E-state index contributed by atoms with van der Waals surface area (Å²) in [7, 11) is 2.10. The highest BCUT2D eigenvalue weighted by molar-refractivity contribution is 7.09. The van der Waals surface area contributed by atoms with Crippen molar-refractivity contribution >= 4 is 11.3 Å². The van der Waals surface area contributed by atoms with Gasteiger partial charge in [0.15, 0.2) is 0 Å². The Morgan fingerprint density at radius 2 is 2.44 bits per heavy atom. The number of likely N-dealkylation sites (N-methyl/N-ethyl adjacent to an activating group) is 1. The monoisotopic (exact) mass is 237 g/mol. The molecule has 2 fully saturated rings. The third-order valence-electron chi connectivity index (χ3n) is 4.17. The zero-order chi connectivity index (χ0) is 11.2. The van der Waals surface area contributed by atoms with Crippen LogP contribution in [0, 0.1) is 6.92 Å². The predicted molar refractivity (Wildman–Crippen MR) is 66.8 cm³/mol. The van der Waals surface area contributed by atoms with Gasteiger partial charge in [0.25, 0.3) is 0 Å². The van der Waals surface area contributed by atoms with E-state index < -0.39 is 0 Å². The molecule has 0 bridgehead atoms. The topological polar surface area (TPSA) is 28.2 Å². The zero-order valence-electron chi connectivity index (χ0n) is 9.99. The van der Waals surface area contributed by atoms with Crippen molar-refractivity contribution in [2.45, 2.75) is 37.8 Å². The van der Waals surface area contributed by atoms with Gasteiger partial charge in [-0.2, -0.15) is 0 Å². The van der Waals surface area contributed by atoms with E-state index in [1.165, 1.54) is 37.4 Å². The maximum Gasteiger partial charge on any atom is 0.115 e. The molecule has 3 rings (SSSR count). The molecule has 2 saturated heterocycles. The van der Waals surface area contributed by atoms with E-state index in [1.54, 1.807) is 0 Å². The fourth-order valence-electron chi connectivity index (χ4n) is 3.35. The SMILES string of the molecule is CNC1(c2nc(C)cs2)CCN2CCCC21. The molecular formula is C12H19N3S. The van der Waals surface area contributed by atoms with Crippen LogP contribution in [0.3, 0.4) is 0 Å². The van der Waals surface area contributed by atoms with Gasteiger partial charge in [0.1, 0.15) is 5.01 Å². The standard InChI is InChI=1S/C12H19N3S/c1-9-8-16-11(14-9)12(13-2)5-7-15-6-3-4-10(12)15/h8,10,13H,3-7H2,1-2H3. The largest absolute Gasteiger partial charge is 0.307 e. The van der Waals surface area contributed by atoms with Crippen LogP contribution in [0.15, 0.2) is 5.38 Å². The minimum Gasteiger partial charge on any atom is -0.307 e. The van der Waals surface area contributed by atoms with Crippen LogP contribution in [0.5, 0.6) is 0 Å². The first-order chi connectivity index (χ1) is 7.76. The first kappa shape index (κ1) is 10.7. The predicted octanol–water partition coefficient (Wildman–Crippen LogP) is 1.73. The van der Waals surface area contributed by atoms with Crippen LogP contribution < -0.4 is 5.32 Å². The van der Waals surface area contributed by atoms with Crippen LogP contribution in [-0.2, 0) is 5.54 Å². The lowest BCUT2D eigenvalue weighted by atomic mass is 9.89. The Morgan fingerprint density at radius 3 is 3.12 bits per heavy atom. The Labute approximate surface area is 101 Å². The van der Waals surface area contributed by atoms with Crippen LogP contribution >= 0.6 is 11.3 Å². The first-order valence-electron chi connectivity index (χ1n) is 6.12. The lowest BCUT2D eigenvalue weighted by Crippen LogP contribution is -2.48. The first-order valence-corrected chi connectivity index (χ1v) is 7.00. The molecule has 0 radical (unpaired) electrons. The lowest BCUT2D eigenvalue weighted by molar-refractivity contribution is 0.235. The second-order valence-electron chi connectivity index (χ2n) is 4.96. The summed E-state index contributed by atoms with van der Waals surface area (Å²) in [5.74, 6) is 0. The minimum atomic E-state index is 0.134. The summed E-state index contributed by atoms with van der Waals surface area (Å²) in [6, 6.07) is 0.669. The molecular weight excluding hydrogens is 218 g/mol. The smallest absolute Gasteiger partial charge is 0.115 e. The highest BCUT2D eigenvalue weighted by atomic mass is 32.1. The van der Waals surface area contributed by atoms with E-state index in [9.17, 15) is 0 Å². The molecule has 2 atom stereocenters. The van der Waals surface area contributed by atoms with E-state index in [1.807, 2.05) is 11.3 Å². The van der Waals surface area contributed by atoms with Crippen molar-refractivity contribution in [3.63, 3.8) is 0 Å². The summed E-state index contributed by atoms with van der Waals surface area (Å²) in [4.78, 5) is 7.36. The normalized spacial score (nSPS) is 34.5. The minimum absolute atomic E-state index is 0.134. The van der Waals surface area contributed by atoms with Gasteiger partial charge in [0.2, 0.25) is 0 Å². The van der Waals surface area contributed by atoms with Crippen LogP contribution in [0.2, 0.25) is 0 Å². The van der Waals surface area contributed by atoms with Gasteiger partial charge in [-0.1, -0.05) is 0 Å². The van der Waals surface area contributed by atoms with Crippen molar-refractivity contribution in [2.75, 3.05) is 20.1 Å². The third kappa shape index (κ3) is 1.36. The molecule has 1 aromatic rings. The molecule has 0 aromatic carbocycles. The van der Waals surface area contributed by atoms with Gasteiger partial charge in [-0.3, -0.25) is 4.90 Å². The van der Waals surface area contributed by atoms with E-state index in [-0.39, 0.29) is 5.54 Å². The van der Waals surface area contributed by atoms with E-state index in [2.05, 4.69) is 29.6 Å². The average molecular weight is 237 g/mol. The number of thiazole rings is 1. The van der Waals surface area contributed by atoms with Gasteiger partial charge in [-0.25, -0.2) is 4.98 Å². The maximum absolute atomic E-state index is 4.73. The van der Waals surface area contributed by atoms with Gasteiger partial charge in [0.05, 0.1) is 5.54 Å². The fourth-order valence-corrected chi connectivity index (χ4v) is 4.43. The molecule has 1 aromatic heterocycles. The van der Waals surface area contributed by atoms with Gasteiger partial charge in [-0.15, -0.1) is 11.3 Å². The lowest BCUT2D eigenvalue weighted by Gasteiger charge is -2.33. The summed E-state index contributed by atoms with van der Waals surface area (Å²) >= 11 is 1.82. The van der Waals surface area contributed by atoms with Gasteiger partial charge in [-0.05, 0) is 39.8 Å². The van der Waals surface area contributed by atoms with Crippen LogP contribution in [-0.4, -0.2) is 36.1 Å². The average Bonchev–Trinajstić information content (AvgIpc) is 2.93. The number of rotatable bonds is 2. The summed E-state index contributed by atoms with van der Waals surface area (Å²) < 4.78 is 0.